The van der Waals surface area contributed by atoms with E-state index in [-0.39, 0.29) is 11.3 Å². The normalized spacial score (nSPS) is 20.8. The van der Waals surface area contributed by atoms with Gasteiger partial charge >= 0.3 is 0 Å². The van der Waals surface area contributed by atoms with Crippen molar-refractivity contribution >= 4 is 5.78 Å². The van der Waals surface area contributed by atoms with Gasteiger partial charge in [0.15, 0.2) is 5.78 Å². The minimum atomic E-state index is -1.07. The van der Waals surface area contributed by atoms with Gasteiger partial charge in [0, 0.05) is 12.2 Å². The lowest BCUT2D eigenvalue weighted by Gasteiger charge is -2.13. The molecule has 88 valence electrons. The van der Waals surface area contributed by atoms with E-state index in [1.807, 2.05) is 6.07 Å². The van der Waals surface area contributed by atoms with Gasteiger partial charge < -0.3 is 4.74 Å². The summed E-state index contributed by atoms with van der Waals surface area (Å²) in [6, 6.07) is 7.74. The van der Waals surface area contributed by atoms with Crippen molar-refractivity contribution in [3.8, 4) is 6.07 Å². The zero-order valence-electron chi connectivity index (χ0n) is 9.23. The Morgan fingerprint density at radius 2 is 2.29 bits per heavy atom. The molecule has 17 heavy (non-hydrogen) atoms. The lowest BCUT2D eigenvalue weighted by atomic mass is 9.92. The van der Waals surface area contributed by atoms with E-state index in [2.05, 4.69) is 0 Å². The Morgan fingerprint density at radius 1 is 1.53 bits per heavy atom. The average molecular weight is 233 g/mol. The van der Waals surface area contributed by atoms with Crippen LogP contribution in [0.4, 0.5) is 4.39 Å². The smallest absolute Gasteiger partial charge is 0.183 e. The van der Waals surface area contributed by atoms with Gasteiger partial charge in [0.2, 0.25) is 0 Å². The minimum absolute atomic E-state index is 0.135. The van der Waals surface area contributed by atoms with Crippen LogP contribution in [0, 0.1) is 17.1 Å². The lowest BCUT2D eigenvalue weighted by molar-refractivity contribution is -0.128. The standard InChI is InChI=1S/C13H12FNO2/c14-11-5-2-1-4-9(11)10(8-15)13(16)12-6-3-7-17-12/h1-2,4-5,10,12H,3,6-7H2. The van der Waals surface area contributed by atoms with Crippen molar-refractivity contribution in [3.05, 3.63) is 35.6 Å². The summed E-state index contributed by atoms with van der Waals surface area (Å²) in [7, 11) is 0. The number of hydrogen-bond donors (Lipinski definition) is 0. The van der Waals surface area contributed by atoms with Gasteiger partial charge in [-0.1, -0.05) is 18.2 Å². The van der Waals surface area contributed by atoms with Crippen LogP contribution in [0.1, 0.15) is 24.3 Å². The number of nitriles is 1. The first-order chi connectivity index (χ1) is 8.24. The summed E-state index contributed by atoms with van der Waals surface area (Å²) in [5, 5.41) is 9.04. The van der Waals surface area contributed by atoms with E-state index >= 15 is 0 Å². The Kier molecular flexibility index (Phi) is 3.50. The molecule has 0 amide bonds. The third-order valence-corrected chi connectivity index (χ3v) is 2.88. The molecule has 1 saturated heterocycles. The first-order valence-electron chi connectivity index (χ1n) is 5.53. The largest absolute Gasteiger partial charge is 0.370 e. The fourth-order valence-corrected chi connectivity index (χ4v) is 1.98. The fraction of sp³-hybridized carbons (Fsp3) is 0.385. The summed E-state index contributed by atoms with van der Waals surface area (Å²) < 4.78 is 18.8. The molecule has 0 aromatic heterocycles. The molecule has 0 N–H and O–H groups in total. The highest BCUT2D eigenvalue weighted by Gasteiger charge is 2.32. The molecule has 0 aliphatic carbocycles. The van der Waals surface area contributed by atoms with Gasteiger partial charge in [-0.2, -0.15) is 5.26 Å². The number of carbonyl (C=O) groups excluding carboxylic acids is 1. The summed E-state index contributed by atoms with van der Waals surface area (Å²) in [5.41, 5.74) is 0.135. The highest BCUT2D eigenvalue weighted by atomic mass is 19.1. The van der Waals surface area contributed by atoms with Crippen LogP contribution in [-0.4, -0.2) is 18.5 Å². The molecular formula is C13H12FNO2. The third-order valence-electron chi connectivity index (χ3n) is 2.88. The second-order valence-electron chi connectivity index (χ2n) is 3.99. The van der Waals surface area contributed by atoms with E-state index in [0.29, 0.717) is 13.0 Å². The molecule has 0 radical (unpaired) electrons. The molecule has 3 nitrogen and oxygen atoms in total. The maximum atomic E-state index is 13.5. The topological polar surface area (TPSA) is 50.1 Å². The second kappa shape index (κ2) is 5.07. The van der Waals surface area contributed by atoms with Crippen LogP contribution >= 0.6 is 0 Å². The molecule has 0 spiro atoms. The molecule has 0 saturated carbocycles. The zero-order valence-corrected chi connectivity index (χ0v) is 9.23. The first-order valence-corrected chi connectivity index (χ1v) is 5.53. The summed E-state index contributed by atoms with van der Waals surface area (Å²) in [4.78, 5) is 12.0. The van der Waals surface area contributed by atoms with Gasteiger partial charge in [0.05, 0.1) is 6.07 Å². The van der Waals surface area contributed by atoms with Crippen molar-refractivity contribution in [1.29, 1.82) is 5.26 Å². The Bertz CT molecular complexity index is 461. The average Bonchev–Trinajstić information content (AvgIpc) is 2.86. The van der Waals surface area contributed by atoms with Crippen LogP contribution < -0.4 is 0 Å². The lowest BCUT2D eigenvalue weighted by Crippen LogP contribution is -2.26. The summed E-state index contributed by atoms with van der Waals surface area (Å²) in [6.45, 7) is 0.534. The van der Waals surface area contributed by atoms with Crippen LogP contribution in [-0.2, 0) is 9.53 Å². The number of benzene rings is 1. The monoisotopic (exact) mass is 233 g/mol. The molecule has 1 heterocycles. The molecule has 2 unspecified atom stereocenters. The number of carbonyl (C=O) groups is 1. The number of ether oxygens (including phenoxy) is 1. The van der Waals surface area contributed by atoms with E-state index in [1.165, 1.54) is 18.2 Å². The first kappa shape index (κ1) is 11.7. The molecule has 1 fully saturated rings. The van der Waals surface area contributed by atoms with E-state index in [1.54, 1.807) is 6.07 Å². The number of rotatable bonds is 3. The van der Waals surface area contributed by atoms with Gasteiger partial charge in [-0.15, -0.1) is 0 Å². The van der Waals surface area contributed by atoms with E-state index in [4.69, 9.17) is 10.00 Å². The molecular weight excluding hydrogens is 221 g/mol. The molecule has 1 aromatic carbocycles. The highest BCUT2D eigenvalue weighted by Crippen LogP contribution is 2.25. The van der Waals surface area contributed by atoms with Crippen LogP contribution in [0.2, 0.25) is 0 Å². The van der Waals surface area contributed by atoms with Crippen LogP contribution in [0.15, 0.2) is 24.3 Å². The van der Waals surface area contributed by atoms with Crippen molar-refractivity contribution in [2.45, 2.75) is 24.9 Å². The Balaban J connectivity index is 2.25. The Hall–Kier alpha value is -1.73. The number of ketones is 1. The summed E-state index contributed by atoms with van der Waals surface area (Å²) in [5.74, 6) is -1.93. The maximum absolute atomic E-state index is 13.5. The van der Waals surface area contributed by atoms with Crippen molar-refractivity contribution < 1.29 is 13.9 Å². The van der Waals surface area contributed by atoms with Crippen LogP contribution in [0.5, 0.6) is 0 Å². The molecule has 2 atom stereocenters. The Labute approximate surface area is 98.8 Å². The number of nitrogens with zero attached hydrogens (tertiary/aromatic N) is 1. The fourth-order valence-electron chi connectivity index (χ4n) is 1.98. The van der Waals surface area contributed by atoms with Gasteiger partial charge in [0.1, 0.15) is 17.8 Å². The maximum Gasteiger partial charge on any atom is 0.183 e. The molecule has 1 aliphatic heterocycles. The predicted molar refractivity (Wildman–Crippen MR) is 58.7 cm³/mol. The minimum Gasteiger partial charge on any atom is -0.370 e. The molecule has 0 bridgehead atoms. The van der Waals surface area contributed by atoms with Crippen molar-refractivity contribution in [3.63, 3.8) is 0 Å². The quantitative estimate of drug-likeness (QED) is 0.804. The number of halogens is 1. The highest BCUT2D eigenvalue weighted by molar-refractivity contribution is 5.92. The molecule has 4 heteroatoms. The predicted octanol–water partition coefficient (Wildman–Crippen LogP) is 2.18. The van der Waals surface area contributed by atoms with Gasteiger partial charge in [-0.25, -0.2) is 4.39 Å². The van der Waals surface area contributed by atoms with E-state index in [0.717, 1.165) is 6.42 Å². The van der Waals surface area contributed by atoms with Crippen LogP contribution in [0.3, 0.4) is 0 Å². The number of hydrogen-bond acceptors (Lipinski definition) is 3. The SMILES string of the molecule is N#CC(C(=O)C1CCCO1)c1ccccc1F. The third kappa shape index (κ3) is 2.34. The van der Waals surface area contributed by atoms with Crippen molar-refractivity contribution in [1.82, 2.24) is 0 Å². The molecule has 2 rings (SSSR count). The van der Waals surface area contributed by atoms with E-state index < -0.39 is 17.8 Å². The van der Waals surface area contributed by atoms with Gasteiger partial charge in [0.25, 0.3) is 0 Å². The number of Topliss-reactive ketones (excluding diaryl/α,β-unsaturated/α-hetero) is 1. The van der Waals surface area contributed by atoms with E-state index in [9.17, 15) is 9.18 Å². The Morgan fingerprint density at radius 3 is 2.88 bits per heavy atom. The van der Waals surface area contributed by atoms with Gasteiger partial charge in [-0.3, -0.25) is 4.79 Å². The van der Waals surface area contributed by atoms with Crippen LogP contribution in [0.25, 0.3) is 0 Å². The van der Waals surface area contributed by atoms with Crippen molar-refractivity contribution in [2.75, 3.05) is 6.61 Å². The molecule has 1 aromatic rings. The summed E-state index contributed by atoms with van der Waals surface area (Å²) in [6.07, 6.45) is 0.872. The second-order valence-corrected chi connectivity index (χ2v) is 3.99. The molecule has 1 aliphatic rings. The zero-order chi connectivity index (χ0) is 12.3. The summed E-state index contributed by atoms with van der Waals surface area (Å²) >= 11 is 0. The van der Waals surface area contributed by atoms with Gasteiger partial charge in [-0.05, 0) is 18.9 Å². The van der Waals surface area contributed by atoms with Crippen molar-refractivity contribution in [2.24, 2.45) is 0 Å².